The third-order valence-corrected chi connectivity index (χ3v) is 10.2. The van der Waals surface area contributed by atoms with Gasteiger partial charge in [0.1, 0.15) is 57.3 Å². The van der Waals surface area contributed by atoms with Gasteiger partial charge in [-0.15, -0.1) is 0 Å². The highest BCUT2D eigenvalue weighted by Gasteiger charge is 2.70. The maximum absolute atomic E-state index is 14.7. The highest BCUT2D eigenvalue weighted by molar-refractivity contribution is 6.09. The van der Waals surface area contributed by atoms with Crippen LogP contribution in [0.25, 0.3) is 0 Å². The Bertz CT molecular complexity index is 2250. The van der Waals surface area contributed by atoms with Crippen LogP contribution in [0, 0.1) is 5.92 Å². The summed E-state index contributed by atoms with van der Waals surface area (Å²) in [5.74, 6) is -11.0. The molecule has 268 valence electrons. The molecule has 0 spiro atoms. The summed E-state index contributed by atoms with van der Waals surface area (Å²) < 4.78 is 12.6. The molecule has 0 fully saturated rings. The first-order valence-electron chi connectivity index (χ1n) is 16.5. The van der Waals surface area contributed by atoms with E-state index in [1.807, 2.05) is 0 Å². The zero-order valence-corrected chi connectivity index (χ0v) is 28.3. The summed E-state index contributed by atoms with van der Waals surface area (Å²) in [6.07, 6.45) is 3.47. The lowest BCUT2D eigenvalue weighted by molar-refractivity contribution is -0.202. The topological polar surface area (TPSA) is 214 Å². The number of rotatable bonds is 6. The molecule has 52 heavy (non-hydrogen) atoms. The minimum absolute atomic E-state index is 0.0526. The van der Waals surface area contributed by atoms with Gasteiger partial charge in [0.15, 0.2) is 5.78 Å². The molecule has 4 aromatic rings. The summed E-state index contributed by atoms with van der Waals surface area (Å²) in [6.45, 7) is 5.37. The number of aliphatic hydroxyl groups is 1. The normalized spacial score (nSPS) is 24.4. The van der Waals surface area contributed by atoms with Crippen molar-refractivity contribution in [1.82, 2.24) is 0 Å². The van der Waals surface area contributed by atoms with Crippen molar-refractivity contribution in [2.75, 3.05) is 0 Å². The average molecular weight is 709 g/mol. The summed E-state index contributed by atoms with van der Waals surface area (Å²) in [6, 6.07) is 12.3. The van der Waals surface area contributed by atoms with Gasteiger partial charge in [-0.25, -0.2) is 0 Å². The van der Waals surface area contributed by atoms with Crippen molar-refractivity contribution in [2.24, 2.45) is 5.92 Å². The highest BCUT2D eigenvalue weighted by Crippen LogP contribution is 2.62. The zero-order chi connectivity index (χ0) is 37.4. The monoisotopic (exact) mass is 708 g/mol. The third-order valence-electron chi connectivity index (χ3n) is 10.2. The van der Waals surface area contributed by atoms with Crippen molar-refractivity contribution >= 4 is 11.6 Å². The van der Waals surface area contributed by atoms with Crippen LogP contribution in [-0.2, 0) is 5.60 Å². The van der Waals surface area contributed by atoms with Crippen LogP contribution in [0.2, 0.25) is 0 Å². The number of ketones is 2. The maximum Gasteiger partial charge on any atom is 0.318 e. The maximum atomic E-state index is 14.7. The number of ether oxygens (including phenoxy) is 2. The Kier molecular flexibility index (Phi) is 7.91. The number of phenols is 7. The van der Waals surface area contributed by atoms with Gasteiger partial charge in [0.25, 0.3) is 0 Å². The molecule has 7 rings (SSSR count). The van der Waals surface area contributed by atoms with E-state index in [2.05, 4.69) is 0 Å². The number of hydrogen-bond donors (Lipinski definition) is 8. The number of phenolic OH excluding ortho intramolecular Hbond substituents is 7. The van der Waals surface area contributed by atoms with Gasteiger partial charge in [-0.05, 0) is 63.1 Å². The lowest BCUT2D eigenvalue weighted by Gasteiger charge is -2.45. The molecule has 12 nitrogen and oxygen atoms in total. The molecular formula is C40H36O12. The van der Waals surface area contributed by atoms with Crippen molar-refractivity contribution in [3.05, 3.63) is 112 Å². The second-order valence-corrected chi connectivity index (χ2v) is 13.9. The summed E-state index contributed by atoms with van der Waals surface area (Å²) in [5.41, 5.74) is -0.864. The van der Waals surface area contributed by atoms with Crippen LogP contribution in [0.4, 0.5) is 0 Å². The molecule has 2 aliphatic heterocycles. The van der Waals surface area contributed by atoms with E-state index in [0.717, 1.165) is 23.8 Å². The van der Waals surface area contributed by atoms with E-state index in [1.54, 1.807) is 32.9 Å². The molecule has 1 aliphatic carbocycles. The van der Waals surface area contributed by atoms with E-state index in [0.29, 0.717) is 5.57 Å². The lowest BCUT2D eigenvalue weighted by Crippen LogP contribution is -2.62. The van der Waals surface area contributed by atoms with Crippen LogP contribution in [0.3, 0.4) is 0 Å². The zero-order valence-electron chi connectivity index (χ0n) is 28.3. The number of Topliss-reactive ketones (excluding diaryl/α,β-unsaturated/α-hetero) is 2. The highest BCUT2D eigenvalue weighted by atomic mass is 16.7. The fraction of sp³-hybridized carbons (Fsp3) is 0.250. The predicted octanol–water partition coefficient (Wildman–Crippen LogP) is 6.25. The fourth-order valence-electron chi connectivity index (χ4n) is 7.85. The van der Waals surface area contributed by atoms with Gasteiger partial charge < -0.3 is 50.3 Å². The molecule has 0 saturated heterocycles. The van der Waals surface area contributed by atoms with E-state index < -0.39 is 63.5 Å². The molecule has 0 aromatic heterocycles. The van der Waals surface area contributed by atoms with Gasteiger partial charge in [0.2, 0.25) is 11.4 Å². The van der Waals surface area contributed by atoms with Crippen LogP contribution < -0.4 is 9.47 Å². The number of carbonyl (C=O) groups is 2. The first-order valence-corrected chi connectivity index (χ1v) is 16.5. The first-order chi connectivity index (χ1) is 24.6. The van der Waals surface area contributed by atoms with Gasteiger partial charge in [0, 0.05) is 59.6 Å². The van der Waals surface area contributed by atoms with Crippen molar-refractivity contribution in [3.8, 4) is 51.7 Å². The van der Waals surface area contributed by atoms with Crippen LogP contribution in [0.1, 0.15) is 82.9 Å². The molecular weight excluding hydrogens is 672 g/mol. The second-order valence-electron chi connectivity index (χ2n) is 13.9. The Labute approximate surface area is 297 Å². The standard InChI is InChI=1S/C40H36O12/c1-18(2)10-11-39-27-9-6-22(43)16-32(27)51-40(39,50)38(49)35-31(47)17-30(46)34(37(35)52-39)26-13-19(3)12-25(23-7-4-20(41)14-28(23)44)33(26)36(48)24-8-5-21(42)15-29(24)45/h4-10,13-17,25-26,33,41-47,50H,11-12H2,1-3H3/t25-,26-,33-,39+,40-/m0/s1. The number of benzene rings is 4. The van der Waals surface area contributed by atoms with E-state index in [-0.39, 0.29) is 69.6 Å². The predicted molar refractivity (Wildman–Crippen MR) is 185 cm³/mol. The summed E-state index contributed by atoms with van der Waals surface area (Å²) in [5, 5.41) is 87.4. The Balaban J connectivity index is 1.51. The summed E-state index contributed by atoms with van der Waals surface area (Å²) in [7, 11) is 0. The van der Waals surface area contributed by atoms with Crippen LogP contribution in [0.5, 0.6) is 51.7 Å². The Morgan fingerprint density at radius 1 is 0.827 bits per heavy atom. The number of aromatic hydroxyl groups is 7. The van der Waals surface area contributed by atoms with Gasteiger partial charge in [0.05, 0.1) is 5.56 Å². The number of allylic oxidation sites excluding steroid dienone is 3. The Hall–Kier alpha value is -6.14. The van der Waals surface area contributed by atoms with Crippen molar-refractivity contribution in [1.29, 1.82) is 0 Å². The fourth-order valence-corrected chi connectivity index (χ4v) is 7.85. The van der Waals surface area contributed by atoms with Crippen LogP contribution in [0.15, 0.2) is 84.0 Å². The minimum atomic E-state index is -2.75. The summed E-state index contributed by atoms with van der Waals surface area (Å²) >= 11 is 0. The smallest absolute Gasteiger partial charge is 0.318 e. The Morgan fingerprint density at radius 3 is 2.15 bits per heavy atom. The van der Waals surface area contributed by atoms with Crippen molar-refractivity contribution < 1.29 is 59.9 Å². The molecule has 8 N–H and O–H groups in total. The molecule has 0 amide bonds. The molecule has 4 aromatic carbocycles. The molecule has 12 heteroatoms. The van der Waals surface area contributed by atoms with E-state index >= 15 is 0 Å². The first kappa shape index (κ1) is 34.3. The largest absolute Gasteiger partial charge is 0.508 e. The van der Waals surface area contributed by atoms with Gasteiger partial charge in [-0.2, -0.15) is 0 Å². The van der Waals surface area contributed by atoms with Crippen molar-refractivity contribution in [2.45, 2.75) is 56.8 Å². The van der Waals surface area contributed by atoms with Gasteiger partial charge in [-0.3, -0.25) is 9.59 Å². The second kappa shape index (κ2) is 12.0. The quantitative estimate of drug-likeness (QED) is 0.0824. The van der Waals surface area contributed by atoms with Crippen molar-refractivity contribution in [3.63, 3.8) is 0 Å². The lowest BCUT2D eigenvalue weighted by atomic mass is 9.64. The van der Waals surface area contributed by atoms with E-state index in [1.165, 1.54) is 42.5 Å². The minimum Gasteiger partial charge on any atom is -0.508 e. The molecule has 0 saturated carbocycles. The number of fused-ring (bicyclic) bond motifs is 4. The van der Waals surface area contributed by atoms with Gasteiger partial charge in [-0.1, -0.05) is 29.4 Å². The van der Waals surface area contributed by atoms with E-state index in [9.17, 15) is 50.4 Å². The van der Waals surface area contributed by atoms with Gasteiger partial charge >= 0.3 is 5.79 Å². The molecule has 0 radical (unpaired) electrons. The SMILES string of the molecule is CC(C)=CC[C@]12Oc3c(c(O)cc(O)c3[C@H]3C=C(C)C[C@@H](c4ccc(O)cc4O)[C@@H]3C(=O)c3ccc(O)cc3O)C(=O)[C@]1(O)Oc1cc(O)ccc12. The number of hydrogen-bond acceptors (Lipinski definition) is 12. The summed E-state index contributed by atoms with van der Waals surface area (Å²) in [4.78, 5) is 29.3. The average Bonchev–Trinajstić information content (AvgIpc) is 3.31. The molecule has 5 atom stereocenters. The third kappa shape index (κ3) is 5.09. The molecule has 3 aliphatic rings. The molecule has 0 unspecified atom stereocenters. The Morgan fingerprint density at radius 2 is 1.48 bits per heavy atom. The molecule has 2 heterocycles. The van der Waals surface area contributed by atoms with Crippen LogP contribution >= 0.6 is 0 Å². The van der Waals surface area contributed by atoms with E-state index in [4.69, 9.17) is 9.47 Å². The number of carbonyl (C=O) groups excluding carboxylic acids is 2. The molecule has 0 bridgehead atoms. The van der Waals surface area contributed by atoms with Crippen LogP contribution in [-0.4, -0.2) is 58.2 Å².